The number of fused-ring (bicyclic) bond motifs is 1. The number of nitrogens with one attached hydrogen (secondary N) is 1. The lowest BCUT2D eigenvalue weighted by Gasteiger charge is -2.30. The number of aromatic nitrogens is 1. The van der Waals surface area contributed by atoms with E-state index < -0.39 is 11.9 Å². The van der Waals surface area contributed by atoms with Gasteiger partial charge in [-0.05, 0) is 31.0 Å². The summed E-state index contributed by atoms with van der Waals surface area (Å²) in [6.45, 7) is 2.78. The van der Waals surface area contributed by atoms with Crippen LogP contribution in [0.2, 0.25) is 0 Å². The number of anilines is 1. The van der Waals surface area contributed by atoms with Crippen molar-refractivity contribution in [1.82, 2.24) is 9.88 Å². The molecule has 3 rings (SSSR count). The van der Waals surface area contributed by atoms with Crippen molar-refractivity contribution in [2.24, 2.45) is 5.92 Å². The molecule has 1 atom stereocenters. The minimum atomic E-state index is -0.849. The average molecular weight is 317 g/mol. The molecule has 1 fully saturated rings. The number of aliphatic carboxylic acids is 1. The Balaban J connectivity index is 1.70. The summed E-state index contributed by atoms with van der Waals surface area (Å²) in [6, 6.07) is 5.00. The van der Waals surface area contributed by atoms with E-state index in [1.807, 2.05) is 6.92 Å². The second-order valence-corrected chi connectivity index (χ2v) is 5.70. The summed E-state index contributed by atoms with van der Waals surface area (Å²) in [5, 5.41) is 11.9. The molecule has 2 N–H and O–H groups in total. The van der Waals surface area contributed by atoms with E-state index in [2.05, 4.69) is 10.3 Å². The van der Waals surface area contributed by atoms with Crippen LogP contribution in [0, 0.1) is 5.92 Å². The fourth-order valence-corrected chi connectivity index (χ4v) is 2.77. The maximum absolute atomic E-state index is 12.3. The second kappa shape index (κ2) is 6.28. The molecule has 1 aliphatic heterocycles. The highest BCUT2D eigenvalue weighted by Gasteiger charge is 2.28. The van der Waals surface area contributed by atoms with Gasteiger partial charge in [0.1, 0.15) is 5.52 Å². The van der Waals surface area contributed by atoms with E-state index in [4.69, 9.17) is 9.52 Å². The number of nitrogens with zero attached hydrogens (tertiary/aromatic N) is 2. The first-order valence-corrected chi connectivity index (χ1v) is 7.75. The number of carboxylic acid groups (broad SMARTS) is 1. The molecule has 23 heavy (non-hydrogen) atoms. The van der Waals surface area contributed by atoms with Gasteiger partial charge in [-0.3, -0.25) is 4.79 Å². The third kappa shape index (κ3) is 3.28. The monoisotopic (exact) mass is 317 g/mol. The van der Waals surface area contributed by atoms with Gasteiger partial charge in [0.05, 0.1) is 5.92 Å². The van der Waals surface area contributed by atoms with Crippen LogP contribution in [0.4, 0.5) is 10.5 Å². The molecule has 0 aliphatic carbocycles. The van der Waals surface area contributed by atoms with Crippen LogP contribution in [0.3, 0.4) is 0 Å². The van der Waals surface area contributed by atoms with Crippen molar-refractivity contribution < 1.29 is 19.1 Å². The van der Waals surface area contributed by atoms with Crippen LogP contribution in [-0.2, 0) is 11.2 Å². The minimum absolute atomic E-state index is 0.243. The van der Waals surface area contributed by atoms with Gasteiger partial charge in [0.25, 0.3) is 0 Å². The number of hydrogen-bond acceptors (Lipinski definition) is 4. The highest BCUT2D eigenvalue weighted by atomic mass is 16.4. The molecule has 122 valence electrons. The van der Waals surface area contributed by atoms with Crippen LogP contribution in [0.5, 0.6) is 0 Å². The van der Waals surface area contributed by atoms with Crippen molar-refractivity contribution in [3.8, 4) is 0 Å². The molecule has 0 spiro atoms. The normalized spacial score (nSPS) is 18.1. The van der Waals surface area contributed by atoms with Crippen LogP contribution >= 0.6 is 0 Å². The zero-order valence-electron chi connectivity index (χ0n) is 12.9. The molecule has 2 heterocycles. The predicted molar refractivity (Wildman–Crippen MR) is 84.3 cm³/mol. The first kappa shape index (κ1) is 15.3. The number of aryl methyl sites for hydroxylation is 1. The fraction of sp³-hybridized carbons (Fsp3) is 0.438. The smallest absolute Gasteiger partial charge is 0.321 e. The number of hydrogen-bond donors (Lipinski definition) is 2. The number of amides is 2. The summed E-state index contributed by atoms with van der Waals surface area (Å²) in [5.74, 6) is -0.679. The third-order valence-corrected chi connectivity index (χ3v) is 4.04. The Morgan fingerprint density at radius 3 is 3.04 bits per heavy atom. The van der Waals surface area contributed by atoms with Gasteiger partial charge in [0.2, 0.25) is 0 Å². The highest BCUT2D eigenvalue weighted by molar-refractivity contribution is 5.92. The molecular weight excluding hydrogens is 298 g/mol. The first-order chi connectivity index (χ1) is 11.1. The Kier molecular flexibility index (Phi) is 4.18. The van der Waals surface area contributed by atoms with Crippen molar-refractivity contribution in [2.75, 3.05) is 18.4 Å². The molecule has 0 saturated carbocycles. The largest absolute Gasteiger partial charge is 0.481 e. The average Bonchev–Trinajstić information content (AvgIpc) is 2.97. The molecule has 2 amide bonds. The maximum Gasteiger partial charge on any atom is 0.321 e. The lowest BCUT2D eigenvalue weighted by Crippen LogP contribution is -2.44. The number of oxazole rings is 1. The van der Waals surface area contributed by atoms with Gasteiger partial charge in [-0.25, -0.2) is 9.78 Å². The lowest BCUT2D eigenvalue weighted by atomic mass is 9.99. The van der Waals surface area contributed by atoms with Gasteiger partial charge in [-0.1, -0.05) is 6.92 Å². The van der Waals surface area contributed by atoms with E-state index in [0.29, 0.717) is 48.5 Å². The van der Waals surface area contributed by atoms with Crippen LogP contribution in [-0.4, -0.2) is 40.1 Å². The van der Waals surface area contributed by atoms with E-state index >= 15 is 0 Å². The molecule has 7 nitrogen and oxygen atoms in total. The molecule has 1 aliphatic rings. The van der Waals surface area contributed by atoms with Crippen LogP contribution in [0.25, 0.3) is 11.1 Å². The summed E-state index contributed by atoms with van der Waals surface area (Å²) in [5.41, 5.74) is 2.00. The standard InChI is InChI=1S/C16H19N3O4/c1-2-14-18-12-8-11(5-6-13(12)23-14)17-16(22)19-7-3-4-10(9-19)15(20)21/h5-6,8,10H,2-4,7,9H2,1H3,(H,17,22)(H,20,21). The van der Waals surface area contributed by atoms with Gasteiger partial charge >= 0.3 is 12.0 Å². The van der Waals surface area contributed by atoms with E-state index in [0.717, 1.165) is 0 Å². The molecule has 7 heteroatoms. The molecule has 0 radical (unpaired) electrons. The van der Waals surface area contributed by atoms with E-state index in [1.165, 1.54) is 0 Å². The zero-order chi connectivity index (χ0) is 16.4. The molecular formula is C16H19N3O4. The Bertz CT molecular complexity index is 740. The summed E-state index contributed by atoms with van der Waals surface area (Å²) in [7, 11) is 0. The van der Waals surface area contributed by atoms with Crippen LogP contribution in [0.1, 0.15) is 25.7 Å². The van der Waals surface area contributed by atoms with Crippen LogP contribution < -0.4 is 5.32 Å². The van der Waals surface area contributed by atoms with E-state index in [-0.39, 0.29) is 12.6 Å². The number of urea groups is 1. The number of piperidine rings is 1. The van der Waals surface area contributed by atoms with Gasteiger partial charge in [-0.15, -0.1) is 0 Å². The van der Waals surface area contributed by atoms with Crippen molar-refractivity contribution in [2.45, 2.75) is 26.2 Å². The zero-order valence-corrected chi connectivity index (χ0v) is 12.9. The number of carboxylic acids is 1. The molecule has 2 aromatic rings. The summed E-state index contributed by atoms with van der Waals surface area (Å²) in [6.07, 6.45) is 2.02. The van der Waals surface area contributed by atoms with Gasteiger partial charge in [0, 0.05) is 25.2 Å². The number of carbonyl (C=O) groups is 2. The van der Waals surface area contributed by atoms with Gasteiger partial charge in [-0.2, -0.15) is 0 Å². The molecule has 0 bridgehead atoms. The Hall–Kier alpha value is -2.57. The topological polar surface area (TPSA) is 95.7 Å². The molecule has 1 saturated heterocycles. The number of likely N-dealkylation sites (tertiary alicyclic amines) is 1. The predicted octanol–water partition coefficient (Wildman–Crippen LogP) is 2.72. The SMILES string of the molecule is CCc1nc2cc(NC(=O)N3CCCC(C(=O)O)C3)ccc2o1. The second-order valence-electron chi connectivity index (χ2n) is 5.70. The summed E-state index contributed by atoms with van der Waals surface area (Å²) >= 11 is 0. The van der Waals surface area contributed by atoms with Crippen LogP contribution in [0.15, 0.2) is 22.6 Å². The third-order valence-electron chi connectivity index (χ3n) is 4.04. The Morgan fingerprint density at radius 1 is 1.48 bits per heavy atom. The van der Waals surface area contributed by atoms with Crippen molar-refractivity contribution >= 4 is 28.8 Å². The van der Waals surface area contributed by atoms with Crippen molar-refractivity contribution in [3.05, 3.63) is 24.1 Å². The summed E-state index contributed by atoms with van der Waals surface area (Å²) < 4.78 is 5.53. The van der Waals surface area contributed by atoms with Gasteiger partial charge < -0.3 is 19.7 Å². The summed E-state index contributed by atoms with van der Waals surface area (Å²) in [4.78, 5) is 29.3. The number of rotatable bonds is 3. The van der Waals surface area contributed by atoms with Gasteiger partial charge in [0.15, 0.2) is 11.5 Å². The maximum atomic E-state index is 12.3. The number of benzene rings is 1. The molecule has 1 aromatic carbocycles. The first-order valence-electron chi connectivity index (χ1n) is 7.75. The van der Waals surface area contributed by atoms with Crippen molar-refractivity contribution in [3.63, 3.8) is 0 Å². The van der Waals surface area contributed by atoms with E-state index in [1.54, 1.807) is 23.1 Å². The Labute approximate surface area is 133 Å². The van der Waals surface area contributed by atoms with Crippen molar-refractivity contribution in [1.29, 1.82) is 0 Å². The highest BCUT2D eigenvalue weighted by Crippen LogP contribution is 2.22. The minimum Gasteiger partial charge on any atom is -0.481 e. The molecule has 1 aromatic heterocycles. The fourth-order valence-electron chi connectivity index (χ4n) is 2.77. The molecule has 1 unspecified atom stereocenters. The van der Waals surface area contributed by atoms with E-state index in [9.17, 15) is 9.59 Å². The Morgan fingerprint density at radius 2 is 2.30 bits per heavy atom. The lowest BCUT2D eigenvalue weighted by molar-refractivity contribution is -0.143. The quantitative estimate of drug-likeness (QED) is 0.907. The number of carbonyl (C=O) groups excluding carboxylic acids is 1.